The topological polar surface area (TPSA) is 62.3 Å². The molecule has 5 nitrogen and oxygen atoms in total. The van der Waals surface area contributed by atoms with Crippen molar-refractivity contribution in [2.75, 3.05) is 11.9 Å². The van der Waals surface area contributed by atoms with Crippen LogP contribution in [0.1, 0.15) is 75.3 Å². The van der Waals surface area contributed by atoms with Crippen molar-refractivity contribution in [3.05, 3.63) is 10.6 Å². The number of rotatable bonds is 3. The van der Waals surface area contributed by atoms with Crippen LogP contribution in [0.2, 0.25) is 0 Å². The summed E-state index contributed by atoms with van der Waals surface area (Å²) in [5.41, 5.74) is 1.01. The molecule has 0 spiro atoms. The Labute approximate surface area is 183 Å². The molecule has 2 heterocycles. The molecule has 2 amide bonds. The molecular formula is C24H33N3O2S. The van der Waals surface area contributed by atoms with Crippen molar-refractivity contribution in [1.29, 1.82) is 0 Å². The Morgan fingerprint density at radius 3 is 2.50 bits per heavy atom. The maximum Gasteiger partial charge on any atom is 0.248 e. The lowest BCUT2D eigenvalue weighted by Crippen LogP contribution is -2.56. The lowest BCUT2D eigenvalue weighted by atomic mass is 9.49. The number of carbonyl (C=O) groups is 2. The molecule has 0 radical (unpaired) electrons. The first-order chi connectivity index (χ1) is 14.5. The van der Waals surface area contributed by atoms with Crippen molar-refractivity contribution in [2.45, 2.75) is 83.6 Å². The van der Waals surface area contributed by atoms with Gasteiger partial charge in [-0.15, -0.1) is 11.3 Å². The van der Waals surface area contributed by atoms with Gasteiger partial charge in [0, 0.05) is 11.4 Å². The number of carbonyl (C=O) groups excluding carboxylic acids is 2. The van der Waals surface area contributed by atoms with E-state index in [1.54, 1.807) is 11.3 Å². The van der Waals surface area contributed by atoms with Crippen molar-refractivity contribution in [1.82, 2.24) is 9.88 Å². The summed E-state index contributed by atoms with van der Waals surface area (Å²) in [6.07, 6.45) is 12.2. The van der Waals surface area contributed by atoms with E-state index in [2.05, 4.69) is 12.2 Å². The molecule has 6 aliphatic rings. The Morgan fingerprint density at radius 1 is 1.10 bits per heavy atom. The van der Waals surface area contributed by atoms with Crippen molar-refractivity contribution >= 4 is 28.3 Å². The van der Waals surface area contributed by atoms with Crippen LogP contribution in [0.3, 0.4) is 0 Å². The summed E-state index contributed by atoms with van der Waals surface area (Å²) >= 11 is 1.64. The smallest absolute Gasteiger partial charge is 0.248 e. The highest BCUT2D eigenvalue weighted by Crippen LogP contribution is 2.60. The standard InChI is InChI=1S/C24H33N3O2S/c1-14-4-5-18-20(7-14)30-23(25-18)26-21(28)19-3-2-6-27(19)22(29)24-11-15-8-16(12-24)10-17(9-15)13-24/h14-17,19H,2-13H2,1H3,(H,25,26,28)/t14-,15?,16?,17?,19+,24?/m1/s1. The first-order valence-corrected chi connectivity index (χ1v) is 12.9. The third-order valence-corrected chi connectivity index (χ3v) is 9.76. The largest absolute Gasteiger partial charge is 0.330 e. The van der Waals surface area contributed by atoms with Gasteiger partial charge in [0.05, 0.1) is 11.1 Å². The number of nitrogens with zero attached hydrogens (tertiary/aromatic N) is 2. The zero-order valence-electron chi connectivity index (χ0n) is 18.0. The van der Waals surface area contributed by atoms with E-state index in [0.717, 1.165) is 74.4 Å². The average molecular weight is 428 g/mol. The molecule has 4 bridgehead atoms. The molecule has 1 aliphatic heterocycles. The van der Waals surface area contributed by atoms with E-state index in [1.807, 2.05) is 4.90 Å². The molecular weight excluding hydrogens is 394 g/mol. The van der Waals surface area contributed by atoms with Crippen LogP contribution in [0.25, 0.3) is 0 Å². The van der Waals surface area contributed by atoms with Gasteiger partial charge in [0.2, 0.25) is 11.8 Å². The Kier molecular flexibility index (Phi) is 4.52. The summed E-state index contributed by atoms with van der Waals surface area (Å²) < 4.78 is 0. The third-order valence-electron chi connectivity index (χ3n) is 8.72. The van der Waals surface area contributed by atoms with E-state index in [-0.39, 0.29) is 17.4 Å². The predicted octanol–water partition coefficient (Wildman–Crippen LogP) is 4.41. The van der Waals surface area contributed by atoms with E-state index in [1.165, 1.54) is 36.3 Å². The number of aryl methyl sites for hydroxylation is 1. The number of fused-ring (bicyclic) bond motifs is 1. The molecule has 7 rings (SSSR count). The van der Waals surface area contributed by atoms with Gasteiger partial charge in [-0.25, -0.2) is 4.98 Å². The summed E-state index contributed by atoms with van der Waals surface area (Å²) in [4.78, 5) is 35.0. The summed E-state index contributed by atoms with van der Waals surface area (Å²) in [6.45, 7) is 3.03. The van der Waals surface area contributed by atoms with Crippen molar-refractivity contribution in [3.63, 3.8) is 0 Å². The lowest BCUT2D eigenvalue weighted by molar-refractivity contribution is -0.160. The summed E-state index contributed by atoms with van der Waals surface area (Å²) in [7, 11) is 0. The maximum atomic E-state index is 13.8. The van der Waals surface area contributed by atoms with E-state index in [4.69, 9.17) is 4.98 Å². The Bertz CT molecular complexity index is 843. The van der Waals surface area contributed by atoms with Crippen molar-refractivity contribution in [3.8, 4) is 0 Å². The second-order valence-electron chi connectivity index (χ2n) is 11.1. The number of anilines is 1. The van der Waals surface area contributed by atoms with Crippen LogP contribution in [-0.4, -0.2) is 34.3 Å². The zero-order valence-corrected chi connectivity index (χ0v) is 18.8. The zero-order chi connectivity index (χ0) is 20.5. The summed E-state index contributed by atoms with van der Waals surface area (Å²) in [6, 6.07) is -0.314. The average Bonchev–Trinajstić information content (AvgIpc) is 3.32. The van der Waals surface area contributed by atoms with Gasteiger partial charge in [-0.05, 0) is 94.3 Å². The Balaban J connectivity index is 1.18. The number of amides is 2. The molecule has 5 fully saturated rings. The van der Waals surface area contributed by atoms with Crippen LogP contribution in [0.4, 0.5) is 5.13 Å². The molecule has 0 unspecified atom stereocenters. The van der Waals surface area contributed by atoms with Crippen molar-refractivity contribution in [2.24, 2.45) is 29.1 Å². The maximum absolute atomic E-state index is 13.8. The molecule has 2 atom stereocenters. The Morgan fingerprint density at radius 2 is 1.80 bits per heavy atom. The molecule has 6 heteroatoms. The highest BCUT2D eigenvalue weighted by Gasteiger charge is 2.56. The van der Waals surface area contributed by atoms with Crippen LogP contribution in [0.5, 0.6) is 0 Å². The minimum atomic E-state index is -0.314. The number of thiazole rings is 1. The first kappa shape index (κ1) is 19.3. The van der Waals surface area contributed by atoms with E-state index in [9.17, 15) is 9.59 Å². The van der Waals surface area contributed by atoms with Crippen LogP contribution in [0.15, 0.2) is 0 Å². The van der Waals surface area contributed by atoms with E-state index < -0.39 is 0 Å². The number of likely N-dealkylation sites (tertiary alicyclic amines) is 1. The molecule has 4 saturated carbocycles. The third kappa shape index (κ3) is 3.12. The van der Waals surface area contributed by atoms with Crippen LogP contribution in [-0.2, 0) is 22.4 Å². The quantitative estimate of drug-likeness (QED) is 0.777. The molecule has 0 aromatic carbocycles. The fraction of sp³-hybridized carbons (Fsp3) is 0.792. The molecule has 162 valence electrons. The number of hydrogen-bond acceptors (Lipinski definition) is 4. The van der Waals surface area contributed by atoms with Crippen LogP contribution >= 0.6 is 11.3 Å². The molecule has 5 aliphatic carbocycles. The van der Waals surface area contributed by atoms with Gasteiger partial charge in [-0.2, -0.15) is 0 Å². The SMILES string of the molecule is C[C@@H]1CCc2nc(NC(=O)[C@@H]3CCCN3C(=O)C34CC5CC(CC(C5)C3)C4)sc2C1. The second-order valence-corrected chi connectivity index (χ2v) is 12.2. The minimum absolute atomic E-state index is 0.0234. The fourth-order valence-electron chi connectivity index (χ4n) is 7.74. The van der Waals surface area contributed by atoms with Gasteiger partial charge < -0.3 is 10.2 Å². The molecule has 1 aromatic rings. The highest BCUT2D eigenvalue weighted by molar-refractivity contribution is 7.15. The Hall–Kier alpha value is -1.43. The second kappa shape index (κ2) is 7.04. The number of nitrogens with one attached hydrogen (secondary N) is 1. The van der Waals surface area contributed by atoms with Gasteiger partial charge in [-0.3, -0.25) is 9.59 Å². The van der Waals surface area contributed by atoms with Gasteiger partial charge in [-0.1, -0.05) is 6.92 Å². The fourth-order valence-corrected chi connectivity index (χ4v) is 8.92. The van der Waals surface area contributed by atoms with Gasteiger partial charge in [0.25, 0.3) is 0 Å². The highest BCUT2D eigenvalue weighted by atomic mass is 32.1. The number of aromatic nitrogens is 1. The normalized spacial score (nSPS) is 39.2. The summed E-state index contributed by atoms with van der Waals surface area (Å²) in [5, 5.41) is 3.82. The van der Waals surface area contributed by atoms with Gasteiger partial charge in [0.1, 0.15) is 6.04 Å². The lowest BCUT2D eigenvalue weighted by Gasteiger charge is -2.56. The molecule has 1 aromatic heterocycles. The minimum Gasteiger partial charge on any atom is -0.330 e. The van der Waals surface area contributed by atoms with E-state index in [0.29, 0.717) is 11.8 Å². The van der Waals surface area contributed by atoms with Crippen molar-refractivity contribution < 1.29 is 9.59 Å². The predicted molar refractivity (Wildman–Crippen MR) is 117 cm³/mol. The van der Waals surface area contributed by atoms with Crippen LogP contribution in [0, 0.1) is 29.1 Å². The van der Waals surface area contributed by atoms with Gasteiger partial charge >= 0.3 is 0 Å². The molecule has 1 N–H and O–H groups in total. The molecule has 30 heavy (non-hydrogen) atoms. The van der Waals surface area contributed by atoms with Gasteiger partial charge in [0.15, 0.2) is 5.13 Å². The van der Waals surface area contributed by atoms with Crippen LogP contribution < -0.4 is 5.32 Å². The monoisotopic (exact) mass is 427 g/mol. The first-order valence-electron chi connectivity index (χ1n) is 12.1. The number of hydrogen-bond donors (Lipinski definition) is 1. The summed E-state index contributed by atoms with van der Waals surface area (Å²) in [5.74, 6) is 3.22. The van der Waals surface area contributed by atoms with E-state index >= 15 is 0 Å². The molecule has 1 saturated heterocycles.